The summed E-state index contributed by atoms with van der Waals surface area (Å²) in [5.41, 5.74) is -0.202. The van der Waals surface area contributed by atoms with Crippen LogP contribution in [0.5, 0.6) is 0 Å². The van der Waals surface area contributed by atoms with Gasteiger partial charge in [-0.15, -0.1) is 0 Å². The SMILES string of the molecule is CCCO[Si](OC)(OC)OC(CC)(CC)CC. The highest BCUT2D eigenvalue weighted by atomic mass is 28.4. The average molecular weight is 264 g/mol. The summed E-state index contributed by atoms with van der Waals surface area (Å²) < 4.78 is 22.7. The zero-order chi connectivity index (χ0) is 13.4. The van der Waals surface area contributed by atoms with Gasteiger partial charge < -0.3 is 17.7 Å². The van der Waals surface area contributed by atoms with E-state index in [1.54, 1.807) is 14.2 Å². The predicted molar refractivity (Wildman–Crippen MR) is 70.7 cm³/mol. The normalized spacial score (nSPS) is 13.1. The Kier molecular flexibility index (Phi) is 8.24. The van der Waals surface area contributed by atoms with Crippen LogP contribution in [0, 0.1) is 0 Å². The molecule has 0 saturated carbocycles. The molecule has 0 N–H and O–H groups in total. The van der Waals surface area contributed by atoms with E-state index in [1.165, 1.54) is 0 Å². The average Bonchev–Trinajstić information content (AvgIpc) is 2.41. The van der Waals surface area contributed by atoms with E-state index in [0.29, 0.717) is 6.61 Å². The largest absolute Gasteiger partial charge is 0.679 e. The standard InChI is InChI=1S/C12H28O4Si/c1-7-11-15-17(13-5,14-6)16-12(8-2,9-3)10-4/h7-11H2,1-6H3. The van der Waals surface area contributed by atoms with E-state index in [0.717, 1.165) is 25.7 Å². The summed E-state index contributed by atoms with van der Waals surface area (Å²) in [6.45, 7) is 9.02. The van der Waals surface area contributed by atoms with Gasteiger partial charge in [-0.1, -0.05) is 27.7 Å². The van der Waals surface area contributed by atoms with Crippen LogP contribution in [0.2, 0.25) is 0 Å². The summed E-state index contributed by atoms with van der Waals surface area (Å²) in [4.78, 5) is 0. The molecule has 0 aliphatic heterocycles. The van der Waals surface area contributed by atoms with E-state index in [2.05, 4.69) is 27.7 Å². The number of rotatable bonds is 10. The Morgan fingerprint density at radius 2 is 1.35 bits per heavy atom. The first-order valence-electron chi connectivity index (χ1n) is 6.51. The van der Waals surface area contributed by atoms with E-state index in [9.17, 15) is 0 Å². The smallest absolute Gasteiger partial charge is 0.355 e. The second-order valence-corrected chi connectivity index (χ2v) is 6.41. The molecule has 0 aliphatic carbocycles. The van der Waals surface area contributed by atoms with Gasteiger partial charge in [-0.25, -0.2) is 0 Å². The fourth-order valence-electron chi connectivity index (χ4n) is 1.77. The maximum atomic E-state index is 6.15. The van der Waals surface area contributed by atoms with Gasteiger partial charge in [0.15, 0.2) is 0 Å². The monoisotopic (exact) mass is 264 g/mol. The van der Waals surface area contributed by atoms with Crippen LogP contribution in [0.15, 0.2) is 0 Å². The van der Waals surface area contributed by atoms with Crippen LogP contribution in [0.1, 0.15) is 53.4 Å². The molecule has 0 spiro atoms. The second kappa shape index (κ2) is 8.21. The third kappa shape index (κ3) is 4.67. The highest BCUT2D eigenvalue weighted by Gasteiger charge is 2.49. The van der Waals surface area contributed by atoms with Crippen molar-refractivity contribution in [1.29, 1.82) is 0 Å². The summed E-state index contributed by atoms with van der Waals surface area (Å²) in [5.74, 6) is 0. The molecule has 0 radical (unpaired) electrons. The number of hydrogen-bond acceptors (Lipinski definition) is 4. The summed E-state index contributed by atoms with van der Waals surface area (Å²) in [6.07, 6.45) is 3.70. The molecule has 17 heavy (non-hydrogen) atoms. The van der Waals surface area contributed by atoms with Crippen LogP contribution in [-0.4, -0.2) is 35.5 Å². The van der Waals surface area contributed by atoms with Gasteiger partial charge in [0.1, 0.15) is 0 Å². The molecule has 0 unspecified atom stereocenters. The Bertz CT molecular complexity index is 183. The lowest BCUT2D eigenvalue weighted by molar-refractivity contribution is -0.0843. The fourth-order valence-corrected chi connectivity index (χ4v) is 3.82. The van der Waals surface area contributed by atoms with Crippen molar-refractivity contribution in [2.45, 2.75) is 59.0 Å². The highest BCUT2D eigenvalue weighted by Crippen LogP contribution is 2.29. The Labute approximate surface area is 107 Å². The topological polar surface area (TPSA) is 36.9 Å². The molecule has 5 heteroatoms. The maximum absolute atomic E-state index is 6.15. The summed E-state index contributed by atoms with van der Waals surface area (Å²) >= 11 is 0. The van der Waals surface area contributed by atoms with Crippen LogP contribution in [0.4, 0.5) is 0 Å². The minimum Gasteiger partial charge on any atom is -0.355 e. The molecule has 0 atom stereocenters. The van der Waals surface area contributed by atoms with E-state index in [1.807, 2.05) is 0 Å². The zero-order valence-corrected chi connectivity index (χ0v) is 13.2. The van der Waals surface area contributed by atoms with Crippen LogP contribution in [0.25, 0.3) is 0 Å². The maximum Gasteiger partial charge on any atom is 0.679 e. The van der Waals surface area contributed by atoms with E-state index >= 15 is 0 Å². The Hall–Kier alpha value is 0.0569. The zero-order valence-electron chi connectivity index (χ0n) is 12.2. The van der Waals surface area contributed by atoms with Crippen LogP contribution in [-0.2, 0) is 17.7 Å². The molecular formula is C12H28O4Si. The lowest BCUT2D eigenvalue weighted by Gasteiger charge is -2.37. The van der Waals surface area contributed by atoms with Gasteiger partial charge in [0.2, 0.25) is 0 Å². The van der Waals surface area contributed by atoms with Crippen LogP contribution in [0.3, 0.4) is 0 Å². The molecule has 0 saturated heterocycles. The molecule has 0 rings (SSSR count). The minimum atomic E-state index is -2.96. The summed E-state index contributed by atoms with van der Waals surface area (Å²) in [5, 5.41) is 0. The van der Waals surface area contributed by atoms with Crippen LogP contribution >= 0.6 is 0 Å². The minimum absolute atomic E-state index is 0.202. The first-order valence-corrected chi connectivity index (χ1v) is 8.15. The van der Waals surface area contributed by atoms with Crippen molar-refractivity contribution in [2.24, 2.45) is 0 Å². The van der Waals surface area contributed by atoms with Gasteiger partial charge in [0, 0.05) is 20.8 Å². The summed E-state index contributed by atoms with van der Waals surface area (Å²) in [7, 11) is 0.226. The molecule has 0 amide bonds. The van der Waals surface area contributed by atoms with E-state index in [4.69, 9.17) is 17.7 Å². The molecule has 0 aromatic rings. The first kappa shape index (κ1) is 17.1. The number of hydrogen-bond donors (Lipinski definition) is 0. The van der Waals surface area contributed by atoms with Crippen molar-refractivity contribution in [3.05, 3.63) is 0 Å². The molecular weight excluding hydrogens is 236 g/mol. The third-order valence-corrected chi connectivity index (χ3v) is 5.50. The Morgan fingerprint density at radius 3 is 1.65 bits per heavy atom. The van der Waals surface area contributed by atoms with Gasteiger partial charge in [-0.3, -0.25) is 0 Å². The molecule has 0 aromatic carbocycles. The van der Waals surface area contributed by atoms with Crippen molar-refractivity contribution in [2.75, 3.05) is 20.8 Å². The molecule has 0 aromatic heterocycles. The third-order valence-electron chi connectivity index (χ3n) is 3.26. The molecule has 0 bridgehead atoms. The molecule has 0 fully saturated rings. The van der Waals surface area contributed by atoms with Crippen molar-refractivity contribution in [3.63, 3.8) is 0 Å². The van der Waals surface area contributed by atoms with Gasteiger partial charge in [-0.05, 0) is 25.7 Å². The van der Waals surface area contributed by atoms with Gasteiger partial charge in [0.05, 0.1) is 5.60 Å². The van der Waals surface area contributed by atoms with Crippen LogP contribution < -0.4 is 0 Å². The van der Waals surface area contributed by atoms with Gasteiger partial charge >= 0.3 is 9.05 Å². The molecule has 0 heterocycles. The first-order chi connectivity index (χ1) is 8.07. The second-order valence-electron chi connectivity index (χ2n) is 4.10. The van der Waals surface area contributed by atoms with Gasteiger partial charge in [-0.2, -0.15) is 0 Å². The van der Waals surface area contributed by atoms with Gasteiger partial charge in [0.25, 0.3) is 0 Å². The predicted octanol–water partition coefficient (Wildman–Crippen LogP) is 3.13. The van der Waals surface area contributed by atoms with E-state index < -0.39 is 9.05 Å². The molecule has 0 aliphatic rings. The van der Waals surface area contributed by atoms with Crippen molar-refractivity contribution in [1.82, 2.24) is 0 Å². The van der Waals surface area contributed by atoms with Crippen molar-refractivity contribution < 1.29 is 17.7 Å². The Balaban J connectivity index is 4.81. The Morgan fingerprint density at radius 1 is 0.882 bits per heavy atom. The highest BCUT2D eigenvalue weighted by molar-refractivity contribution is 6.53. The van der Waals surface area contributed by atoms with Crippen molar-refractivity contribution in [3.8, 4) is 0 Å². The fraction of sp³-hybridized carbons (Fsp3) is 1.00. The quantitative estimate of drug-likeness (QED) is 0.568. The van der Waals surface area contributed by atoms with E-state index in [-0.39, 0.29) is 5.60 Å². The molecule has 4 nitrogen and oxygen atoms in total. The summed E-state index contributed by atoms with van der Waals surface area (Å²) in [6, 6.07) is 0. The lowest BCUT2D eigenvalue weighted by atomic mass is 9.95. The van der Waals surface area contributed by atoms with Crippen molar-refractivity contribution >= 4 is 9.05 Å². The lowest BCUT2D eigenvalue weighted by Crippen LogP contribution is -2.54. The molecule has 104 valence electrons.